The number of amides is 2. The fourth-order valence-corrected chi connectivity index (χ4v) is 4.67. The molecule has 4 heterocycles. The van der Waals surface area contributed by atoms with Crippen LogP contribution < -0.4 is 10.6 Å². The summed E-state index contributed by atoms with van der Waals surface area (Å²) < 4.78 is 12.6. The second-order valence-electron chi connectivity index (χ2n) is 6.29. The van der Waals surface area contributed by atoms with E-state index in [1.807, 2.05) is 29.1 Å². The molecule has 0 radical (unpaired) electrons. The first-order valence-electron chi connectivity index (χ1n) is 9.15. The fraction of sp³-hybridized carbons (Fsp3) is 0.263. The molecule has 1 aliphatic heterocycles. The summed E-state index contributed by atoms with van der Waals surface area (Å²) >= 11 is 2.95. The molecule has 3 aromatic heterocycles. The standard InChI is InChI=1S/C19H19N5O4S2/c1-3-27-17(25)14-11(20-18(26)21-15(14)12-6-4-8-28-12)10-30-19-23-22-16(24(19)2)13-7-5-9-29-13/h4-9,15H,3,10H2,1-2H3,(H2,20,21,26). The Morgan fingerprint density at radius 3 is 2.93 bits per heavy atom. The molecular weight excluding hydrogens is 426 g/mol. The van der Waals surface area contributed by atoms with E-state index in [2.05, 4.69) is 20.8 Å². The van der Waals surface area contributed by atoms with Crippen LogP contribution in [0.2, 0.25) is 0 Å². The number of ether oxygens (including phenoxy) is 1. The maximum absolute atomic E-state index is 12.7. The van der Waals surface area contributed by atoms with E-state index in [1.165, 1.54) is 18.0 Å². The van der Waals surface area contributed by atoms with Gasteiger partial charge in [0.05, 0.1) is 23.3 Å². The molecule has 4 rings (SSSR count). The van der Waals surface area contributed by atoms with Gasteiger partial charge in [0.15, 0.2) is 11.0 Å². The van der Waals surface area contributed by atoms with Gasteiger partial charge in [-0.05, 0) is 30.5 Å². The van der Waals surface area contributed by atoms with Crippen LogP contribution in [0.25, 0.3) is 10.7 Å². The van der Waals surface area contributed by atoms with Gasteiger partial charge in [-0.2, -0.15) is 0 Å². The summed E-state index contributed by atoms with van der Waals surface area (Å²) in [6.45, 7) is 1.95. The third-order valence-electron chi connectivity index (χ3n) is 4.40. The van der Waals surface area contributed by atoms with E-state index in [-0.39, 0.29) is 6.61 Å². The predicted molar refractivity (Wildman–Crippen MR) is 112 cm³/mol. The number of aromatic nitrogens is 3. The average Bonchev–Trinajstić information content (AvgIpc) is 3.48. The van der Waals surface area contributed by atoms with Crippen molar-refractivity contribution in [3.05, 3.63) is 52.9 Å². The van der Waals surface area contributed by atoms with Gasteiger partial charge in [0, 0.05) is 18.5 Å². The van der Waals surface area contributed by atoms with Crippen molar-refractivity contribution >= 4 is 35.1 Å². The first-order chi connectivity index (χ1) is 14.6. The maximum atomic E-state index is 12.7. The molecule has 11 heteroatoms. The number of rotatable bonds is 7. The molecule has 1 atom stereocenters. The lowest BCUT2D eigenvalue weighted by Gasteiger charge is -2.27. The second-order valence-corrected chi connectivity index (χ2v) is 8.18. The van der Waals surface area contributed by atoms with E-state index in [4.69, 9.17) is 9.15 Å². The zero-order valence-electron chi connectivity index (χ0n) is 16.2. The Hall–Kier alpha value is -3.05. The first kappa shape index (κ1) is 20.2. The van der Waals surface area contributed by atoms with Crippen LogP contribution in [0.4, 0.5) is 4.79 Å². The number of urea groups is 1. The van der Waals surface area contributed by atoms with Gasteiger partial charge in [-0.3, -0.25) is 0 Å². The van der Waals surface area contributed by atoms with E-state index in [9.17, 15) is 9.59 Å². The van der Waals surface area contributed by atoms with Crippen molar-refractivity contribution < 1.29 is 18.7 Å². The SMILES string of the molecule is CCOC(=O)C1=C(CSc2nnc(-c3cccs3)n2C)NC(=O)NC1c1ccco1. The van der Waals surface area contributed by atoms with Crippen molar-refractivity contribution in [3.8, 4) is 10.7 Å². The molecule has 1 aliphatic rings. The van der Waals surface area contributed by atoms with Gasteiger partial charge in [-0.15, -0.1) is 21.5 Å². The molecule has 0 aromatic carbocycles. The number of thiophene rings is 1. The van der Waals surface area contributed by atoms with Crippen LogP contribution in [0, 0.1) is 0 Å². The molecule has 0 aliphatic carbocycles. The molecule has 0 bridgehead atoms. The number of esters is 1. The Labute approximate surface area is 180 Å². The van der Waals surface area contributed by atoms with Gasteiger partial charge in [-0.1, -0.05) is 17.8 Å². The quantitative estimate of drug-likeness (QED) is 0.425. The van der Waals surface area contributed by atoms with Crippen LogP contribution in [-0.2, 0) is 16.6 Å². The highest BCUT2D eigenvalue weighted by Gasteiger charge is 2.35. The number of carbonyl (C=O) groups is 2. The summed E-state index contributed by atoms with van der Waals surface area (Å²) in [4.78, 5) is 26.0. The number of nitrogens with one attached hydrogen (secondary N) is 2. The second kappa shape index (κ2) is 8.76. The molecule has 30 heavy (non-hydrogen) atoms. The number of thioether (sulfide) groups is 1. The lowest BCUT2D eigenvalue weighted by molar-refractivity contribution is -0.139. The summed E-state index contributed by atoms with van der Waals surface area (Å²) in [6, 6.07) is 6.19. The molecule has 2 amide bonds. The molecule has 2 N–H and O–H groups in total. The number of hydrogen-bond acceptors (Lipinski definition) is 8. The van der Waals surface area contributed by atoms with Crippen molar-refractivity contribution in [2.24, 2.45) is 7.05 Å². The van der Waals surface area contributed by atoms with Crippen LogP contribution in [0.3, 0.4) is 0 Å². The van der Waals surface area contributed by atoms with E-state index in [0.29, 0.717) is 27.9 Å². The Bertz CT molecular complexity index is 1070. The zero-order chi connectivity index (χ0) is 21.1. The number of carbonyl (C=O) groups excluding carboxylic acids is 2. The molecule has 0 spiro atoms. The van der Waals surface area contributed by atoms with Crippen LogP contribution in [0.15, 0.2) is 56.8 Å². The molecule has 0 saturated carbocycles. The smallest absolute Gasteiger partial charge is 0.338 e. The van der Waals surface area contributed by atoms with E-state index in [1.54, 1.807) is 30.4 Å². The summed E-state index contributed by atoms with van der Waals surface area (Å²) in [5.74, 6) is 0.998. The molecule has 0 saturated heterocycles. The molecule has 9 nitrogen and oxygen atoms in total. The minimum atomic E-state index is -0.732. The van der Waals surface area contributed by atoms with Gasteiger partial charge in [0.25, 0.3) is 0 Å². The van der Waals surface area contributed by atoms with E-state index in [0.717, 1.165) is 10.7 Å². The van der Waals surface area contributed by atoms with Crippen molar-refractivity contribution in [2.45, 2.75) is 18.1 Å². The summed E-state index contributed by atoms with van der Waals surface area (Å²) in [5, 5.41) is 16.6. The fourth-order valence-electron chi connectivity index (χ4n) is 3.05. The molecular formula is C19H19N5O4S2. The third-order valence-corrected chi connectivity index (χ3v) is 6.31. The summed E-state index contributed by atoms with van der Waals surface area (Å²) in [6.07, 6.45) is 1.49. The van der Waals surface area contributed by atoms with Crippen LogP contribution in [0.5, 0.6) is 0 Å². The number of furan rings is 1. The van der Waals surface area contributed by atoms with Gasteiger partial charge in [0.1, 0.15) is 11.8 Å². The minimum Gasteiger partial charge on any atom is -0.467 e. The van der Waals surface area contributed by atoms with Crippen molar-refractivity contribution in [1.29, 1.82) is 0 Å². The van der Waals surface area contributed by atoms with Crippen LogP contribution in [-0.4, -0.2) is 39.1 Å². The monoisotopic (exact) mass is 445 g/mol. The van der Waals surface area contributed by atoms with Crippen LogP contribution >= 0.6 is 23.1 Å². The molecule has 1 unspecified atom stereocenters. The van der Waals surface area contributed by atoms with Crippen molar-refractivity contribution in [2.75, 3.05) is 12.4 Å². The Morgan fingerprint density at radius 1 is 1.37 bits per heavy atom. The van der Waals surface area contributed by atoms with Gasteiger partial charge in [0.2, 0.25) is 0 Å². The lowest BCUT2D eigenvalue weighted by atomic mass is 10.0. The highest BCUT2D eigenvalue weighted by molar-refractivity contribution is 7.99. The van der Waals surface area contributed by atoms with Gasteiger partial charge < -0.3 is 24.4 Å². The molecule has 3 aromatic rings. The number of hydrogen-bond donors (Lipinski definition) is 2. The minimum absolute atomic E-state index is 0.217. The Balaban J connectivity index is 1.63. The summed E-state index contributed by atoms with van der Waals surface area (Å²) in [5.41, 5.74) is 0.754. The largest absolute Gasteiger partial charge is 0.467 e. The third kappa shape index (κ3) is 3.98. The predicted octanol–water partition coefficient (Wildman–Crippen LogP) is 3.10. The maximum Gasteiger partial charge on any atom is 0.338 e. The first-order valence-corrected chi connectivity index (χ1v) is 11.0. The normalized spacial score (nSPS) is 16.3. The van der Waals surface area contributed by atoms with Gasteiger partial charge >= 0.3 is 12.0 Å². The van der Waals surface area contributed by atoms with Crippen molar-refractivity contribution in [1.82, 2.24) is 25.4 Å². The highest BCUT2D eigenvalue weighted by Crippen LogP contribution is 2.31. The van der Waals surface area contributed by atoms with Crippen LogP contribution in [0.1, 0.15) is 18.7 Å². The van der Waals surface area contributed by atoms with Crippen molar-refractivity contribution in [3.63, 3.8) is 0 Å². The molecule has 156 valence electrons. The van der Waals surface area contributed by atoms with E-state index >= 15 is 0 Å². The summed E-state index contributed by atoms with van der Waals surface area (Å²) in [7, 11) is 1.88. The average molecular weight is 446 g/mol. The topological polar surface area (TPSA) is 111 Å². The van der Waals surface area contributed by atoms with Gasteiger partial charge in [-0.25, -0.2) is 9.59 Å². The zero-order valence-corrected chi connectivity index (χ0v) is 17.9. The van der Waals surface area contributed by atoms with E-state index < -0.39 is 18.0 Å². The Kier molecular flexibility index (Phi) is 5.91. The highest BCUT2D eigenvalue weighted by atomic mass is 32.2. The molecule has 0 fully saturated rings. The number of nitrogens with zero attached hydrogens (tertiary/aromatic N) is 3. The Morgan fingerprint density at radius 2 is 2.23 bits per heavy atom. The lowest BCUT2D eigenvalue weighted by Crippen LogP contribution is -2.46.